The van der Waals surface area contributed by atoms with Gasteiger partial charge in [-0.2, -0.15) is 0 Å². The van der Waals surface area contributed by atoms with Crippen LogP contribution in [0, 0.1) is 6.92 Å². The van der Waals surface area contributed by atoms with Crippen molar-refractivity contribution in [3.8, 4) is 11.1 Å². The SMILES string of the molecule is CCS(=O)c1cccc(-c2cnc(Cl)c3[nH]c4ncc(C)cc4c23)c1. The Labute approximate surface area is 152 Å². The van der Waals surface area contributed by atoms with E-state index < -0.39 is 10.8 Å². The van der Waals surface area contributed by atoms with E-state index >= 15 is 0 Å². The summed E-state index contributed by atoms with van der Waals surface area (Å²) in [7, 11) is -1.00. The van der Waals surface area contributed by atoms with Gasteiger partial charge in [0, 0.05) is 39.4 Å². The van der Waals surface area contributed by atoms with Gasteiger partial charge in [0.15, 0.2) is 5.15 Å². The highest BCUT2D eigenvalue weighted by Gasteiger charge is 2.15. The first-order chi connectivity index (χ1) is 12.1. The van der Waals surface area contributed by atoms with Crippen molar-refractivity contribution in [1.82, 2.24) is 15.0 Å². The van der Waals surface area contributed by atoms with Gasteiger partial charge < -0.3 is 4.98 Å². The molecule has 126 valence electrons. The highest BCUT2D eigenvalue weighted by Crippen LogP contribution is 2.36. The Bertz CT molecular complexity index is 1140. The number of aromatic amines is 1. The van der Waals surface area contributed by atoms with E-state index in [0.717, 1.165) is 43.5 Å². The Balaban J connectivity index is 2.05. The lowest BCUT2D eigenvalue weighted by molar-refractivity contribution is 0.684. The van der Waals surface area contributed by atoms with E-state index in [2.05, 4.69) is 21.0 Å². The van der Waals surface area contributed by atoms with Crippen LogP contribution in [0.2, 0.25) is 5.15 Å². The third kappa shape index (κ3) is 2.73. The molecule has 3 aromatic heterocycles. The standard InChI is InChI=1S/C19H16ClN3OS/c1-3-25(24)13-6-4-5-12(8-13)15-10-21-18(20)17-16(15)14-7-11(2)9-22-19(14)23-17/h4-10H,3H2,1-2H3,(H,22,23). The second-order valence-electron chi connectivity index (χ2n) is 5.91. The van der Waals surface area contributed by atoms with Crippen LogP contribution in [0.4, 0.5) is 0 Å². The van der Waals surface area contributed by atoms with E-state index in [1.165, 1.54) is 0 Å². The first-order valence-electron chi connectivity index (χ1n) is 8.00. The zero-order valence-electron chi connectivity index (χ0n) is 13.8. The third-order valence-electron chi connectivity index (χ3n) is 4.24. The van der Waals surface area contributed by atoms with Crippen LogP contribution < -0.4 is 0 Å². The van der Waals surface area contributed by atoms with Crippen molar-refractivity contribution < 1.29 is 4.21 Å². The number of halogens is 1. The van der Waals surface area contributed by atoms with Crippen LogP contribution >= 0.6 is 11.6 Å². The van der Waals surface area contributed by atoms with Crippen molar-refractivity contribution in [1.29, 1.82) is 0 Å². The zero-order chi connectivity index (χ0) is 17.6. The van der Waals surface area contributed by atoms with E-state index in [1.54, 1.807) is 6.20 Å². The molecule has 4 aromatic rings. The van der Waals surface area contributed by atoms with Crippen LogP contribution in [0.25, 0.3) is 33.1 Å². The fraction of sp³-hybridized carbons (Fsp3) is 0.158. The number of nitrogens with zero attached hydrogens (tertiary/aromatic N) is 2. The van der Waals surface area contributed by atoms with Gasteiger partial charge >= 0.3 is 0 Å². The minimum atomic E-state index is -1.00. The van der Waals surface area contributed by atoms with Crippen LogP contribution in [-0.2, 0) is 10.8 Å². The molecule has 3 heterocycles. The van der Waals surface area contributed by atoms with Gasteiger partial charge in [-0.25, -0.2) is 9.97 Å². The van der Waals surface area contributed by atoms with Crippen molar-refractivity contribution in [2.45, 2.75) is 18.7 Å². The Morgan fingerprint density at radius 2 is 2.04 bits per heavy atom. The topological polar surface area (TPSA) is 58.6 Å². The fourth-order valence-electron chi connectivity index (χ4n) is 3.05. The molecule has 6 heteroatoms. The molecule has 0 saturated carbocycles. The van der Waals surface area contributed by atoms with E-state index in [1.807, 2.05) is 44.3 Å². The van der Waals surface area contributed by atoms with Crippen LogP contribution in [-0.4, -0.2) is 24.9 Å². The molecule has 4 nitrogen and oxygen atoms in total. The molecule has 0 aliphatic rings. The minimum Gasteiger partial charge on any atom is -0.337 e. The Hall–Kier alpha value is -2.24. The third-order valence-corrected chi connectivity index (χ3v) is 5.83. The summed E-state index contributed by atoms with van der Waals surface area (Å²) in [5.41, 5.74) is 4.55. The predicted octanol–water partition coefficient (Wildman–Crippen LogP) is 4.87. The minimum absolute atomic E-state index is 0.419. The molecule has 0 aliphatic carbocycles. The molecule has 0 bridgehead atoms. The maximum Gasteiger partial charge on any atom is 0.153 e. The molecule has 1 atom stereocenters. The van der Waals surface area contributed by atoms with Gasteiger partial charge in [0.25, 0.3) is 0 Å². The van der Waals surface area contributed by atoms with Crippen LogP contribution in [0.5, 0.6) is 0 Å². The molecular formula is C19H16ClN3OS. The van der Waals surface area contributed by atoms with Crippen molar-refractivity contribution in [2.75, 3.05) is 5.75 Å². The monoisotopic (exact) mass is 369 g/mol. The highest BCUT2D eigenvalue weighted by molar-refractivity contribution is 7.85. The average molecular weight is 370 g/mol. The molecule has 0 saturated heterocycles. The quantitative estimate of drug-likeness (QED) is 0.524. The van der Waals surface area contributed by atoms with Crippen molar-refractivity contribution >= 4 is 44.3 Å². The van der Waals surface area contributed by atoms with Crippen molar-refractivity contribution in [3.63, 3.8) is 0 Å². The molecule has 0 spiro atoms. The Morgan fingerprint density at radius 1 is 1.20 bits per heavy atom. The van der Waals surface area contributed by atoms with Gasteiger partial charge in [0.05, 0.1) is 16.3 Å². The number of rotatable bonds is 3. The number of hydrogen-bond donors (Lipinski definition) is 1. The van der Waals surface area contributed by atoms with Gasteiger partial charge in [-0.1, -0.05) is 30.7 Å². The maximum absolute atomic E-state index is 12.2. The van der Waals surface area contributed by atoms with Crippen LogP contribution in [0.1, 0.15) is 12.5 Å². The molecule has 1 unspecified atom stereocenters. The summed E-state index contributed by atoms with van der Waals surface area (Å²) < 4.78 is 12.2. The summed E-state index contributed by atoms with van der Waals surface area (Å²) in [5, 5.41) is 2.42. The van der Waals surface area contributed by atoms with Gasteiger partial charge in [-0.05, 0) is 36.2 Å². The highest BCUT2D eigenvalue weighted by atomic mass is 35.5. The van der Waals surface area contributed by atoms with E-state index in [9.17, 15) is 4.21 Å². The summed E-state index contributed by atoms with van der Waals surface area (Å²) in [4.78, 5) is 12.9. The molecule has 0 radical (unpaired) electrons. The average Bonchev–Trinajstić information content (AvgIpc) is 3.01. The predicted molar refractivity (Wildman–Crippen MR) is 104 cm³/mol. The van der Waals surface area contributed by atoms with E-state index in [0.29, 0.717) is 10.9 Å². The molecule has 25 heavy (non-hydrogen) atoms. The number of nitrogens with one attached hydrogen (secondary N) is 1. The smallest absolute Gasteiger partial charge is 0.153 e. The second kappa shape index (κ2) is 6.24. The summed E-state index contributed by atoms with van der Waals surface area (Å²) in [6.45, 7) is 3.93. The molecule has 1 N–H and O–H groups in total. The first kappa shape index (κ1) is 16.2. The number of H-pyrrole nitrogens is 1. The Morgan fingerprint density at radius 3 is 2.84 bits per heavy atom. The summed E-state index contributed by atoms with van der Waals surface area (Å²) in [6, 6.07) is 9.88. The normalized spacial score (nSPS) is 12.8. The van der Waals surface area contributed by atoms with Gasteiger partial charge in [-0.15, -0.1) is 0 Å². The lowest BCUT2D eigenvalue weighted by atomic mass is 10.0. The molecular weight excluding hydrogens is 354 g/mol. The first-order valence-corrected chi connectivity index (χ1v) is 9.69. The molecule has 0 aliphatic heterocycles. The number of pyridine rings is 2. The second-order valence-corrected chi connectivity index (χ2v) is 8.01. The number of benzene rings is 1. The van der Waals surface area contributed by atoms with E-state index in [4.69, 9.17) is 11.6 Å². The number of fused-ring (bicyclic) bond motifs is 3. The van der Waals surface area contributed by atoms with Crippen molar-refractivity contribution in [3.05, 3.63) is 53.4 Å². The molecule has 1 aromatic carbocycles. The van der Waals surface area contributed by atoms with Crippen LogP contribution in [0.3, 0.4) is 0 Å². The fourth-order valence-corrected chi connectivity index (χ4v) is 4.06. The lowest BCUT2D eigenvalue weighted by Crippen LogP contribution is -1.94. The lowest BCUT2D eigenvalue weighted by Gasteiger charge is -2.07. The van der Waals surface area contributed by atoms with Crippen LogP contribution in [0.15, 0.2) is 47.6 Å². The summed E-state index contributed by atoms with van der Waals surface area (Å²) >= 11 is 6.31. The number of aryl methyl sites for hydroxylation is 1. The van der Waals surface area contributed by atoms with E-state index in [-0.39, 0.29) is 0 Å². The maximum atomic E-state index is 12.2. The largest absolute Gasteiger partial charge is 0.337 e. The number of aromatic nitrogens is 3. The van der Waals surface area contributed by atoms with Gasteiger partial charge in [-0.3, -0.25) is 4.21 Å². The van der Waals surface area contributed by atoms with Crippen molar-refractivity contribution in [2.24, 2.45) is 0 Å². The molecule has 0 fully saturated rings. The molecule has 0 amide bonds. The Kier molecular flexibility index (Phi) is 4.06. The van der Waals surface area contributed by atoms with Gasteiger partial charge in [0.2, 0.25) is 0 Å². The van der Waals surface area contributed by atoms with Gasteiger partial charge in [0.1, 0.15) is 5.65 Å². The zero-order valence-corrected chi connectivity index (χ0v) is 15.4. The summed E-state index contributed by atoms with van der Waals surface area (Å²) in [5.74, 6) is 0.591. The molecule has 4 rings (SSSR count). The summed E-state index contributed by atoms with van der Waals surface area (Å²) in [6.07, 6.45) is 3.60. The number of hydrogen-bond acceptors (Lipinski definition) is 3.